The molecule has 0 aromatic heterocycles. The summed E-state index contributed by atoms with van der Waals surface area (Å²) < 4.78 is 43.0. The average molecular weight is 396 g/mol. The molecule has 0 spiro atoms. The normalized spacial score (nSPS) is 12.2. The second-order valence-corrected chi connectivity index (χ2v) is 5.84. The molecule has 2 aromatic rings. The van der Waals surface area contributed by atoms with Gasteiger partial charge in [-0.15, -0.1) is 0 Å². The van der Waals surface area contributed by atoms with E-state index in [9.17, 15) is 32.9 Å². The van der Waals surface area contributed by atoms with E-state index < -0.39 is 40.3 Å². The zero-order chi connectivity index (χ0) is 21.1. The number of methoxy groups -OCH3 is 1. The summed E-state index contributed by atoms with van der Waals surface area (Å²) in [5.41, 5.74) is -1.57. The van der Waals surface area contributed by atoms with Gasteiger partial charge in [0.25, 0.3) is 11.6 Å². The molecule has 0 fully saturated rings. The Morgan fingerprint density at radius 1 is 1.14 bits per heavy atom. The van der Waals surface area contributed by atoms with Gasteiger partial charge in [-0.3, -0.25) is 14.9 Å². The number of nitrogens with zero attached hydrogens (tertiary/aromatic N) is 1. The van der Waals surface area contributed by atoms with Crippen molar-refractivity contribution in [1.82, 2.24) is 5.32 Å². The van der Waals surface area contributed by atoms with E-state index in [-0.39, 0.29) is 16.7 Å². The average Bonchev–Trinajstić information content (AvgIpc) is 2.66. The second-order valence-electron chi connectivity index (χ2n) is 5.84. The Hall–Kier alpha value is -3.43. The molecule has 0 radical (unpaired) electrons. The lowest BCUT2D eigenvalue weighted by atomic mass is 10.0. The van der Waals surface area contributed by atoms with Crippen molar-refractivity contribution in [3.05, 3.63) is 74.8 Å². The molecule has 1 atom stereocenters. The van der Waals surface area contributed by atoms with Crippen LogP contribution in [0.5, 0.6) is 0 Å². The van der Waals surface area contributed by atoms with Gasteiger partial charge in [0, 0.05) is 17.7 Å². The van der Waals surface area contributed by atoms with E-state index in [2.05, 4.69) is 10.1 Å². The number of ether oxygens (including phenoxy) is 1. The minimum Gasteiger partial charge on any atom is -0.465 e. The summed E-state index contributed by atoms with van der Waals surface area (Å²) in [6.07, 6.45) is -4.53. The second kappa shape index (κ2) is 8.07. The summed E-state index contributed by atoms with van der Waals surface area (Å²) in [6, 6.07) is 6.62. The van der Waals surface area contributed by atoms with E-state index in [1.54, 1.807) is 0 Å². The minimum atomic E-state index is -4.53. The van der Waals surface area contributed by atoms with Crippen LogP contribution in [0.15, 0.2) is 42.5 Å². The number of non-ortho nitro benzene ring substituents is 1. The van der Waals surface area contributed by atoms with Crippen molar-refractivity contribution in [3.63, 3.8) is 0 Å². The molecule has 28 heavy (non-hydrogen) atoms. The van der Waals surface area contributed by atoms with Gasteiger partial charge in [-0.25, -0.2) is 4.79 Å². The first-order valence-electron chi connectivity index (χ1n) is 7.88. The molecule has 0 aliphatic rings. The van der Waals surface area contributed by atoms with Crippen LogP contribution in [-0.2, 0) is 10.9 Å². The van der Waals surface area contributed by atoms with Gasteiger partial charge >= 0.3 is 12.1 Å². The number of rotatable bonds is 5. The number of hydrogen-bond donors (Lipinski definition) is 1. The summed E-state index contributed by atoms with van der Waals surface area (Å²) in [6.45, 7) is 1.46. The number of carbonyl (C=O) groups excluding carboxylic acids is 2. The molecule has 0 aliphatic carbocycles. The lowest BCUT2D eigenvalue weighted by molar-refractivity contribution is -0.384. The number of nitrogens with one attached hydrogen (secondary N) is 1. The topological polar surface area (TPSA) is 98.5 Å². The number of halogens is 3. The minimum absolute atomic E-state index is 0.196. The fourth-order valence-electron chi connectivity index (χ4n) is 2.43. The van der Waals surface area contributed by atoms with E-state index >= 15 is 0 Å². The molecule has 1 unspecified atom stereocenters. The quantitative estimate of drug-likeness (QED) is 0.470. The number of nitro groups is 1. The lowest BCUT2D eigenvalue weighted by Crippen LogP contribution is -2.27. The Morgan fingerprint density at radius 2 is 1.79 bits per heavy atom. The molecule has 0 bridgehead atoms. The predicted molar refractivity (Wildman–Crippen MR) is 91.8 cm³/mol. The fraction of sp³-hybridized carbons (Fsp3) is 0.222. The Labute approximate surface area is 157 Å². The third-order valence-corrected chi connectivity index (χ3v) is 3.87. The van der Waals surface area contributed by atoms with Crippen LogP contribution in [0.4, 0.5) is 18.9 Å². The maximum absolute atomic E-state index is 12.8. The standard InChI is InChI=1S/C18H15F3N2O5/c1-10(11-4-3-5-14(7-11)18(19,20)21)22-16(24)12-6-13(17(25)28-2)9-15(8-12)23(26)27/h3-10H,1-2H3,(H,22,24). The number of alkyl halides is 3. The summed E-state index contributed by atoms with van der Waals surface area (Å²) in [4.78, 5) is 34.3. The SMILES string of the molecule is COC(=O)c1cc(C(=O)NC(C)c2cccc(C(F)(F)F)c2)cc([N+](=O)[O-])c1. The van der Waals surface area contributed by atoms with Crippen LogP contribution in [-0.4, -0.2) is 23.9 Å². The zero-order valence-corrected chi connectivity index (χ0v) is 14.7. The van der Waals surface area contributed by atoms with E-state index in [1.807, 2.05) is 0 Å². The van der Waals surface area contributed by atoms with Gasteiger partial charge in [0.2, 0.25) is 0 Å². The van der Waals surface area contributed by atoms with Crippen molar-refractivity contribution in [2.45, 2.75) is 19.1 Å². The van der Waals surface area contributed by atoms with E-state index in [0.717, 1.165) is 37.4 Å². The first kappa shape index (κ1) is 20.9. The first-order chi connectivity index (χ1) is 13.0. The predicted octanol–water partition coefficient (Wildman–Crippen LogP) is 3.89. The summed E-state index contributed by atoms with van der Waals surface area (Å²) in [5, 5.41) is 13.5. The monoisotopic (exact) mass is 396 g/mol. The highest BCUT2D eigenvalue weighted by Crippen LogP contribution is 2.30. The molecule has 7 nitrogen and oxygen atoms in total. The molecule has 0 aliphatic heterocycles. The maximum Gasteiger partial charge on any atom is 0.416 e. The highest BCUT2D eigenvalue weighted by Gasteiger charge is 2.31. The van der Waals surface area contributed by atoms with Gasteiger partial charge < -0.3 is 10.1 Å². The van der Waals surface area contributed by atoms with E-state index in [0.29, 0.717) is 0 Å². The molecular weight excluding hydrogens is 381 g/mol. The van der Waals surface area contributed by atoms with Crippen LogP contribution in [0, 0.1) is 10.1 Å². The maximum atomic E-state index is 12.8. The number of hydrogen-bond acceptors (Lipinski definition) is 5. The molecule has 148 valence electrons. The van der Waals surface area contributed by atoms with Crippen molar-refractivity contribution in [2.75, 3.05) is 7.11 Å². The number of amides is 1. The highest BCUT2D eigenvalue weighted by atomic mass is 19.4. The third-order valence-electron chi connectivity index (χ3n) is 3.87. The molecule has 0 saturated carbocycles. The summed E-state index contributed by atoms with van der Waals surface area (Å²) >= 11 is 0. The molecule has 0 heterocycles. The van der Waals surface area contributed by atoms with Crippen molar-refractivity contribution in [2.24, 2.45) is 0 Å². The van der Waals surface area contributed by atoms with Crippen LogP contribution in [0.3, 0.4) is 0 Å². The molecular formula is C18H15F3N2O5. The Bertz CT molecular complexity index is 928. The van der Waals surface area contributed by atoms with Crippen LogP contribution in [0.1, 0.15) is 44.8 Å². The van der Waals surface area contributed by atoms with E-state index in [1.165, 1.54) is 19.1 Å². The highest BCUT2D eigenvalue weighted by molar-refractivity contribution is 5.99. The number of nitro benzene ring substituents is 1. The molecule has 2 rings (SSSR count). The van der Waals surface area contributed by atoms with Crippen molar-refractivity contribution in [1.29, 1.82) is 0 Å². The van der Waals surface area contributed by atoms with Gasteiger partial charge in [0.05, 0.1) is 29.2 Å². The number of carbonyl (C=O) groups is 2. The zero-order valence-electron chi connectivity index (χ0n) is 14.7. The lowest BCUT2D eigenvalue weighted by Gasteiger charge is -2.16. The molecule has 10 heteroatoms. The number of esters is 1. The van der Waals surface area contributed by atoms with Crippen molar-refractivity contribution in [3.8, 4) is 0 Å². The van der Waals surface area contributed by atoms with Crippen molar-refractivity contribution >= 4 is 17.6 Å². The first-order valence-corrected chi connectivity index (χ1v) is 7.88. The number of benzene rings is 2. The molecule has 1 amide bonds. The largest absolute Gasteiger partial charge is 0.465 e. The Kier molecular flexibility index (Phi) is 6.02. The van der Waals surface area contributed by atoms with Gasteiger partial charge in [-0.1, -0.05) is 12.1 Å². The molecule has 2 aromatic carbocycles. The van der Waals surface area contributed by atoms with E-state index in [4.69, 9.17) is 0 Å². The van der Waals surface area contributed by atoms with Crippen LogP contribution in [0.25, 0.3) is 0 Å². The Balaban J connectivity index is 2.30. The molecule has 0 saturated heterocycles. The van der Waals surface area contributed by atoms with Crippen LogP contribution < -0.4 is 5.32 Å². The van der Waals surface area contributed by atoms with Gasteiger partial charge in [0.15, 0.2) is 0 Å². The third kappa shape index (κ3) is 4.84. The summed E-state index contributed by atoms with van der Waals surface area (Å²) in [5.74, 6) is -1.66. The van der Waals surface area contributed by atoms with Crippen molar-refractivity contribution < 1.29 is 32.4 Å². The van der Waals surface area contributed by atoms with Gasteiger partial charge in [-0.05, 0) is 30.7 Å². The van der Waals surface area contributed by atoms with Crippen LogP contribution in [0.2, 0.25) is 0 Å². The Morgan fingerprint density at radius 3 is 2.36 bits per heavy atom. The van der Waals surface area contributed by atoms with Gasteiger partial charge in [-0.2, -0.15) is 13.2 Å². The molecule has 1 N–H and O–H groups in total. The summed E-state index contributed by atoms with van der Waals surface area (Å²) in [7, 11) is 1.08. The van der Waals surface area contributed by atoms with Crippen LogP contribution >= 0.6 is 0 Å². The van der Waals surface area contributed by atoms with Gasteiger partial charge in [0.1, 0.15) is 0 Å². The smallest absolute Gasteiger partial charge is 0.416 e. The fourth-order valence-corrected chi connectivity index (χ4v) is 2.43.